The Bertz CT molecular complexity index is 893. The molecule has 1 aliphatic rings. The Hall–Kier alpha value is -3.12. The zero-order valence-corrected chi connectivity index (χ0v) is 14.5. The summed E-state index contributed by atoms with van der Waals surface area (Å²) < 4.78 is 7.35. The molecule has 26 heavy (non-hydrogen) atoms. The average molecular weight is 348 g/mol. The van der Waals surface area contributed by atoms with Gasteiger partial charge >= 0.3 is 0 Å². The maximum atomic E-state index is 12.1. The van der Waals surface area contributed by atoms with E-state index in [0.29, 0.717) is 13.1 Å². The average Bonchev–Trinajstić information content (AvgIpc) is 3.32. The summed E-state index contributed by atoms with van der Waals surface area (Å²) in [6.45, 7) is 1.04. The number of carbonyl (C=O) groups is 1. The van der Waals surface area contributed by atoms with E-state index in [1.54, 1.807) is 18.0 Å². The van der Waals surface area contributed by atoms with E-state index in [9.17, 15) is 4.79 Å². The van der Waals surface area contributed by atoms with E-state index in [1.165, 1.54) is 0 Å². The van der Waals surface area contributed by atoms with Gasteiger partial charge in [0.25, 0.3) is 0 Å². The zero-order valence-electron chi connectivity index (χ0n) is 14.5. The van der Waals surface area contributed by atoms with Crippen molar-refractivity contribution in [2.24, 2.45) is 0 Å². The van der Waals surface area contributed by atoms with Crippen molar-refractivity contribution >= 4 is 5.91 Å². The maximum absolute atomic E-state index is 12.1. The molecule has 3 aromatic rings. The van der Waals surface area contributed by atoms with Crippen LogP contribution in [-0.2, 0) is 11.3 Å². The predicted molar refractivity (Wildman–Crippen MR) is 97.9 cm³/mol. The molecule has 2 aromatic carbocycles. The minimum atomic E-state index is -0.242. The number of nitrogens with one attached hydrogen (secondary N) is 1. The molecular formula is C20H20N4O2. The van der Waals surface area contributed by atoms with Crippen LogP contribution in [0.25, 0.3) is 5.69 Å². The van der Waals surface area contributed by atoms with Crippen molar-refractivity contribution in [3.8, 4) is 11.4 Å². The van der Waals surface area contributed by atoms with Crippen molar-refractivity contribution in [3.05, 3.63) is 78.1 Å². The molecule has 6 nitrogen and oxygen atoms in total. The molecule has 0 bridgehead atoms. The molecule has 1 unspecified atom stereocenters. The lowest BCUT2D eigenvalue weighted by atomic mass is 10.1. The smallest absolute Gasteiger partial charge is 0.235 e. The Balaban J connectivity index is 1.69. The van der Waals surface area contributed by atoms with Crippen molar-refractivity contribution in [1.29, 1.82) is 0 Å². The van der Waals surface area contributed by atoms with Gasteiger partial charge in [0.15, 0.2) is 0 Å². The summed E-state index contributed by atoms with van der Waals surface area (Å²) in [7, 11) is 1.64. The van der Waals surface area contributed by atoms with Gasteiger partial charge in [0.05, 0.1) is 19.3 Å². The quantitative estimate of drug-likeness (QED) is 0.770. The first-order valence-corrected chi connectivity index (χ1v) is 8.50. The van der Waals surface area contributed by atoms with Gasteiger partial charge in [-0.2, -0.15) is 5.10 Å². The second-order valence-corrected chi connectivity index (χ2v) is 6.24. The lowest BCUT2D eigenvalue weighted by molar-refractivity contribution is -0.118. The monoisotopic (exact) mass is 348 g/mol. The van der Waals surface area contributed by atoms with E-state index >= 15 is 0 Å². The second-order valence-electron chi connectivity index (χ2n) is 6.24. The number of nitrogens with zero attached hydrogens (tertiary/aromatic N) is 3. The molecule has 1 aliphatic heterocycles. The molecule has 1 aromatic heterocycles. The fourth-order valence-electron chi connectivity index (χ4n) is 3.30. The summed E-state index contributed by atoms with van der Waals surface area (Å²) in [6.07, 6.45) is 3.39. The van der Waals surface area contributed by atoms with Crippen LogP contribution < -0.4 is 10.1 Å². The van der Waals surface area contributed by atoms with Gasteiger partial charge in [0, 0.05) is 24.5 Å². The van der Waals surface area contributed by atoms with Crippen molar-refractivity contribution in [2.45, 2.75) is 12.7 Å². The lowest BCUT2D eigenvalue weighted by Crippen LogP contribution is -2.28. The summed E-state index contributed by atoms with van der Waals surface area (Å²) in [6, 6.07) is 17.9. The highest BCUT2D eigenvalue weighted by Crippen LogP contribution is 2.32. The Kier molecular flexibility index (Phi) is 4.41. The fourth-order valence-corrected chi connectivity index (χ4v) is 3.30. The van der Waals surface area contributed by atoms with Crippen LogP contribution in [0.4, 0.5) is 0 Å². The first kappa shape index (κ1) is 16.4. The minimum Gasteiger partial charge on any atom is -0.496 e. The topological polar surface area (TPSA) is 59.4 Å². The normalized spacial score (nSPS) is 17.3. The van der Waals surface area contributed by atoms with Gasteiger partial charge in [0.1, 0.15) is 11.9 Å². The number of hydrogen-bond acceptors (Lipinski definition) is 4. The standard InChI is InChI=1S/C20H20N4O2/c1-26-18-9-8-16(24-11-5-10-21-24)12-17(18)20-22-19(25)14-23(20)13-15-6-3-2-4-7-15/h2-12,20H,13-14H2,1H3,(H,22,25). The summed E-state index contributed by atoms with van der Waals surface area (Å²) >= 11 is 0. The van der Waals surface area contributed by atoms with Crippen LogP contribution in [0.15, 0.2) is 67.0 Å². The molecule has 1 saturated heterocycles. The summed E-state index contributed by atoms with van der Waals surface area (Å²) in [5.41, 5.74) is 3.00. The number of rotatable bonds is 5. The van der Waals surface area contributed by atoms with E-state index in [0.717, 1.165) is 22.6 Å². The number of aromatic nitrogens is 2. The molecule has 1 atom stereocenters. The third-order valence-corrected chi connectivity index (χ3v) is 4.51. The van der Waals surface area contributed by atoms with E-state index in [2.05, 4.69) is 27.4 Å². The van der Waals surface area contributed by atoms with E-state index in [-0.39, 0.29) is 12.1 Å². The summed E-state index contributed by atoms with van der Waals surface area (Å²) in [5.74, 6) is 0.753. The third kappa shape index (κ3) is 3.19. The highest BCUT2D eigenvalue weighted by molar-refractivity contribution is 5.81. The van der Waals surface area contributed by atoms with Crippen LogP contribution in [0.5, 0.6) is 5.75 Å². The first-order valence-electron chi connectivity index (χ1n) is 8.50. The van der Waals surface area contributed by atoms with Gasteiger partial charge in [-0.05, 0) is 29.8 Å². The van der Waals surface area contributed by atoms with Crippen molar-refractivity contribution in [2.75, 3.05) is 13.7 Å². The molecule has 0 radical (unpaired) electrons. The summed E-state index contributed by atoms with van der Waals surface area (Å²) in [5, 5.41) is 7.35. The highest BCUT2D eigenvalue weighted by atomic mass is 16.5. The number of ether oxygens (including phenoxy) is 1. The van der Waals surface area contributed by atoms with Crippen molar-refractivity contribution in [3.63, 3.8) is 0 Å². The van der Waals surface area contributed by atoms with Gasteiger partial charge in [-0.25, -0.2) is 4.68 Å². The molecule has 132 valence electrons. The van der Waals surface area contributed by atoms with Crippen LogP contribution >= 0.6 is 0 Å². The van der Waals surface area contributed by atoms with Gasteiger partial charge in [0.2, 0.25) is 5.91 Å². The molecule has 2 heterocycles. The summed E-state index contributed by atoms with van der Waals surface area (Å²) in [4.78, 5) is 14.2. The number of hydrogen-bond donors (Lipinski definition) is 1. The van der Waals surface area contributed by atoms with Crippen LogP contribution in [0.3, 0.4) is 0 Å². The SMILES string of the molecule is COc1ccc(-n2cccn2)cc1C1NC(=O)CN1Cc1ccccc1. The van der Waals surface area contributed by atoms with Crippen molar-refractivity contribution in [1.82, 2.24) is 20.0 Å². The number of carbonyl (C=O) groups excluding carboxylic acids is 1. The predicted octanol–water partition coefficient (Wildman–Crippen LogP) is 2.51. The van der Waals surface area contributed by atoms with Crippen molar-refractivity contribution < 1.29 is 9.53 Å². The Morgan fingerprint density at radius 2 is 2.04 bits per heavy atom. The largest absolute Gasteiger partial charge is 0.496 e. The molecule has 0 spiro atoms. The van der Waals surface area contributed by atoms with Crippen LogP contribution in [0.2, 0.25) is 0 Å². The van der Waals surface area contributed by atoms with Gasteiger partial charge in [-0.1, -0.05) is 30.3 Å². The highest BCUT2D eigenvalue weighted by Gasteiger charge is 2.33. The van der Waals surface area contributed by atoms with Crippen LogP contribution in [0.1, 0.15) is 17.3 Å². The van der Waals surface area contributed by atoms with Gasteiger partial charge < -0.3 is 10.1 Å². The number of benzene rings is 2. The molecule has 1 fully saturated rings. The maximum Gasteiger partial charge on any atom is 0.235 e. The molecule has 6 heteroatoms. The molecule has 0 saturated carbocycles. The van der Waals surface area contributed by atoms with Crippen LogP contribution in [-0.4, -0.2) is 34.2 Å². The molecule has 4 rings (SSSR count). The Morgan fingerprint density at radius 3 is 2.77 bits per heavy atom. The fraction of sp³-hybridized carbons (Fsp3) is 0.200. The van der Waals surface area contributed by atoms with E-state index in [4.69, 9.17) is 4.74 Å². The first-order chi connectivity index (χ1) is 12.7. The van der Waals surface area contributed by atoms with Crippen LogP contribution in [0, 0.1) is 0 Å². The van der Waals surface area contributed by atoms with Gasteiger partial charge in [-0.15, -0.1) is 0 Å². The number of methoxy groups -OCH3 is 1. The third-order valence-electron chi connectivity index (χ3n) is 4.51. The van der Waals surface area contributed by atoms with E-state index < -0.39 is 0 Å². The minimum absolute atomic E-state index is 0.0116. The zero-order chi connectivity index (χ0) is 17.9. The molecular weight excluding hydrogens is 328 g/mol. The van der Waals surface area contributed by atoms with Gasteiger partial charge in [-0.3, -0.25) is 9.69 Å². The Morgan fingerprint density at radius 1 is 1.19 bits per heavy atom. The molecule has 1 amide bonds. The molecule has 0 aliphatic carbocycles. The second kappa shape index (κ2) is 7.01. The van der Waals surface area contributed by atoms with E-state index in [1.807, 2.05) is 48.7 Å². The lowest BCUT2D eigenvalue weighted by Gasteiger charge is -2.25. The Labute approximate surface area is 152 Å². The number of amides is 1. The molecule has 1 N–H and O–H groups in total.